The summed E-state index contributed by atoms with van der Waals surface area (Å²) in [4.78, 5) is 20.7. The lowest BCUT2D eigenvalue weighted by molar-refractivity contribution is 0.122. The van der Waals surface area contributed by atoms with Gasteiger partial charge in [0.25, 0.3) is 0 Å². The van der Waals surface area contributed by atoms with Crippen molar-refractivity contribution in [2.75, 3.05) is 73.9 Å². The van der Waals surface area contributed by atoms with Gasteiger partial charge in [0, 0.05) is 56.6 Å². The molecule has 0 unspecified atom stereocenters. The van der Waals surface area contributed by atoms with Crippen LogP contribution in [0.3, 0.4) is 0 Å². The maximum atomic E-state index is 15.7. The molecule has 0 atom stereocenters. The Morgan fingerprint density at radius 2 is 1.65 bits per heavy atom. The van der Waals surface area contributed by atoms with E-state index in [1.165, 1.54) is 6.07 Å². The summed E-state index contributed by atoms with van der Waals surface area (Å²) < 4.78 is 41.3. The lowest BCUT2D eigenvalue weighted by Crippen LogP contribution is -2.39. The zero-order chi connectivity index (χ0) is 27.6. The van der Waals surface area contributed by atoms with E-state index in [4.69, 9.17) is 19.4 Å². The number of aromatic nitrogens is 3. The molecule has 40 heavy (non-hydrogen) atoms. The van der Waals surface area contributed by atoms with Gasteiger partial charge in [0.1, 0.15) is 11.6 Å². The first-order chi connectivity index (χ1) is 19.5. The molecule has 2 saturated heterocycles. The summed E-state index contributed by atoms with van der Waals surface area (Å²) in [6, 6.07) is 9.90. The van der Waals surface area contributed by atoms with Gasteiger partial charge in [-0.05, 0) is 32.0 Å². The van der Waals surface area contributed by atoms with Crippen molar-refractivity contribution in [3.63, 3.8) is 0 Å². The second-order valence-corrected chi connectivity index (χ2v) is 9.91. The summed E-state index contributed by atoms with van der Waals surface area (Å²) in [5, 5.41) is 0.269. The Morgan fingerprint density at radius 1 is 0.925 bits per heavy atom. The van der Waals surface area contributed by atoms with Gasteiger partial charge in [0.15, 0.2) is 5.82 Å². The zero-order valence-corrected chi connectivity index (χ0v) is 22.7. The van der Waals surface area contributed by atoms with Crippen molar-refractivity contribution in [1.29, 1.82) is 0 Å². The standard InChI is InChI=1S/C30H32F2N6O2/c1-3-38(26-18-22(36-8-12-39-13-9-36)19-34-30(26)37-10-14-40-15-11-37)29-20(2)28(24-6-4-5-7-33-24)35-25-17-21(31)16-23(32)27(25)29/h4-7,16-19H,3,8-15H2,1-2H3. The topological polar surface area (TPSA) is 66.9 Å². The summed E-state index contributed by atoms with van der Waals surface area (Å²) in [5.41, 5.74) is 4.65. The molecule has 0 N–H and O–H groups in total. The van der Waals surface area contributed by atoms with Crippen LogP contribution in [-0.4, -0.2) is 74.1 Å². The summed E-state index contributed by atoms with van der Waals surface area (Å²) in [6.45, 7) is 9.89. The molecule has 10 heteroatoms. The number of hydrogen-bond acceptors (Lipinski definition) is 8. The Labute approximate surface area is 232 Å². The van der Waals surface area contributed by atoms with Crippen LogP contribution in [0.1, 0.15) is 12.5 Å². The van der Waals surface area contributed by atoms with Gasteiger partial charge < -0.3 is 24.2 Å². The Kier molecular flexibility index (Phi) is 7.44. The number of benzene rings is 1. The molecule has 0 amide bonds. The highest BCUT2D eigenvalue weighted by molar-refractivity contribution is 6.00. The van der Waals surface area contributed by atoms with E-state index >= 15 is 4.39 Å². The van der Waals surface area contributed by atoms with Crippen LogP contribution in [0, 0.1) is 18.6 Å². The minimum absolute atomic E-state index is 0.238. The Balaban J connectivity index is 1.60. The summed E-state index contributed by atoms with van der Waals surface area (Å²) >= 11 is 0. The van der Waals surface area contributed by atoms with Crippen LogP contribution < -0.4 is 14.7 Å². The largest absolute Gasteiger partial charge is 0.378 e. The maximum Gasteiger partial charge on any atom is 0.152 e. The molecular formula is C30H32F2N6O2. The molecular weight excluding hydrogens is 514 g/mol. The quantitative estimate of drug-likeness (QED) is 0.331. The smallest absolute Gasteiger partial charge is 0.152 e. The van der Waals surface area contributed by atoms with Crippen LogP contribution in [-0.2, 0) is 9.47 Å². The second kappa shape index (κ2) is 11.3. The van der Waals surface area contributed by atoms with E-state index in [2.05, 4.69) is 25.8 Å². The van der Waals surface area contributed by atoms with E-state index in [-0.39, 0.29) is 10.9 Å². The number of nitrogens with zero attached hydrogens (tertiary/aromatic N) is 6. The SMILES string of the molecule is CCN(c1cc(N2CCOCC2)cnc1N1CCOCC1)c1c(C)c(-c2ccccn2)nc2cc(F)cc(F)c12. The fraction of sp³-hybridized carbons (Fsp3) is 0.367. The predicted octanol–water partition coefficient (Wildman–Crippen LogP) is 5.11. The van der Waals surface area contributed by atoms with Crippen LogP contribution in [0.2, 0.25) is 0 Å². The zero-order valence-electron chi connectivity index (χ0n) is 22.7. The Hall–Kier alpha value is -3.89. The lowest BCUT2D eigenvalue weighted by Gasteiger charge is -2.36. The number of halogens is 2. The summed E-state index contributed by atoms with van der Waals surface area (Å²) in [6.07, 6.45) is 3.59. The van der Waals surface area contributed by atoms with Crippen LogP contribution in [0.25, 0.3) is 22.3 Å². The van der Waals surface area contributed by atoms with Crippen molar-refractivity contribution >= 4 is 33.8 Å². The van der Waals surface area contributed by atoms with Crippen molar-refractivity contribution in [3.05, 3.63) is 66.0 Å². The maximum absolute atomic E-state index is 15.7. The number of hydrogen-bond donors (Lipinski definition) is 0. The number of rotatable bonds is 6. The molecule has 2 fully saturated rings. The van der Waals surface area contributed by atoms with Gasteiger partial charge in [-0.1, -0.05) is 6.07 Å². The molecule has 8 nitrogen and oxygen atoms in total. The molecule has 0 radical (unpaired) electrons. The van der Waals surface area contributed by atoms with Crippen LogP contribution in [0.15, 0.2) is 48.8 Å². The summed E-state index contributed by atoms with van der Waals surface area (Å²) in [5.74, 6) is -0.530. The first-order valence-electron chi connectivity index (χ1n) is 13.7. The van der Waals surface area contributed by atoms with Crippen molar-refractivity contribution < 1.29 is 18.3 Å². The number of pyridine rings is 3. The lowest BCUT2D eigenvalue weighted by atomic mass is 10.0. The van der Waals surface area contributed by atoms with E-state index in [0.29, 0.717) is 63.1 Å². The average Bonchev–Trinajstić information content (AvgIpc) is 2.99. The van der Waals surface area contributed by atoms with Crippen molar-refractivity contribution in [3.8, 4) is 11.4 Å². The molecule has 3 aromatic heterocycles. The highest BCUT2D eigenvalue weighted by Crippen LogP contribution is 2.43. The molecule has 2 aliphatic rings. The van der Waals surface area contributed by atoms with Crippen molar-refractivity contribution in [2.45, 2.75) is 13.8 Å². The van der Waals surface area contributed by atoms with Crippen LogP contribution in [0.4, 0.5) is 31.7 Å². The van der Waals surface area contributed by atoms with E-state index in [1.807, 2.05) is 38.2 Å². The molecule has 6 rings (SSSR count). The minimum Gasteiger partial charge on any atom is -0.378 e. The number of anilines is 4. The first kappa shape index (κ1) is 26.3. The second-order valence-electron chi connectivity index (χ2n) is 9.91. The normalized spacial score (nSPS) is 16.0. The third-order valence-corrected chi connectivity index (χ3v) is 7.52. The van der Waals surface area contributed by atoms with Crippen LogP contribution in [0.5, 0.6) is 0 Å². The van der Waals surface area contributed by atoms with Gasteiger partial charge in [-0.2, -0.15) is 0 Å². The van der Waals surface area contributed by atoms with E-state index in [1.54, 1.807) is 6.20 Å². The molecule has 0 spiro atoms. The number of ether oxygens (including phenoxy) is 2. The molecule has 0 saturated carbocycles. The van der Waals surface area contributed by atoms with Gasteiger partial charge in [0.05, 0.1) is 72.0 Å². The Morgan fingerprint density at radius 3 is 2.33 bits per heavy atom. The van der Waals surface area contributed by atoms with E-state index in [0.717, 1.165) is 41.9 Å². The highest BCUT2D eigenvalue weighted by Gasteiger charge is 2.27. The number of fused-ring (bicyclic) bond motifs is 1. The van der Waals surface area contributed by atoms with Crippen LogP contribution >= 0.6 is 0 Å². The molecule has 0 aliphatic carbocycles. The highest BCUT2D eigenvalue weighted by atomic mass is 19.1. The minimum atomic E-state index is -0.674. The van der Waals surface area contributed by atoms with Gasteiger partial charge in [-0.25, -0.2) is 18.7 Å². The van der Waals surface area contributed by atoms with E-state index < -0.39 is 11.6 Å². The third-order valence-electron chi connectivity index (χ3n) is 7.52. The molecule has 4 aromatic rings. The van der Waals surface area contributed by atoms with E-state index in [9.17, 15) is 4.39 Å². The average molecular weight is 547 g/mol. The molecule has 1 aromatic carbocycles. The fourth-order valence-electron chi connectivity index (χ4n) is 5.57. The predicted molar refractivity (Wildman–Crippen MR) is 153 cm³/mol. The fourth-order valence-corrected chi connectivity index (χ4v) is 5.57. The third kappa shape index (κ3) is 4.93. The molecule has 5 heterocycles. The van der Waals surface area contributed by atoms with Gasteiger partial charge in [0.2, 0.25) is 0 Å². The van der Waals surface area contributed by atoms with Gasteiger partial charge in [-0.3, -0.25) is 4.98 Å². The molecule has 208 valence electrons. The number of morpholine rings is 2. The first-order valence-corrected chi connectivity index (χ1v) is 13.7. The van der Waals surface area contributed by atoms with Crippen molar-refractivity contribution in [1.82, 2.24) is 15.0 Å². The summed E-state index contributed by atoms with van der Waals surface area (Å²) in [7, 11) is 0. The monoisotopic (exact) mass is 546 g/mol. The molecule has 2 aliphatic heterocycles. The van der Waals surface area contributed by atoms with Gasteiger partial charge >= 0.3 is 0 Å². The van der Waals surface area contributed by atoms with Crippen molar-refractivity contribution in [2.24, 2.45) is 0 Å². The van der Waals surface area contributed by atoms with Gasteiger partial charge in [-0.15, -0.1) is 0 Å². The molecule has 0 bridgehead atoms. The Bertz CT molecular complexity index is 1510.